The number of halogens is 1. The fraction of sp³-hybridized carbons (Fsp3) is 0.133. The maximum absolute atomic E-state index is 8.90. The summed E-state index contributed by atoms with van der Waals surface area (Å²) in [4.78, 5) is 0. The topological polar surface area (TPSA) is 35.8 Å². The van der Waals surface area contributed by atoms with Gasteiger partial charge >= 0.3 is 0 Å². The van der Waals surface area contributed by atoms with Crippen molar-refractivity contribution in [1.82, 2.24) is 0 Å². The molecular formula is C15H13IN2. The highest BCUT2D eigenvalue weighted by Crippen LogP contribution is 2.21. The number of hydrogen-bond donors (Lipinski definition) is 1. The third-order valence-corrected chi connectivity index (χ3v) is 3.39. The molecule has 1 atom stereocenters. The first-order valence-corrected chi connectivity index (χ1v) is 6.79. The minimum Gasteiger partial charge on any atom is -0.378 e. The highest BCUT2D eigenvalue weighted by Gasteiger charge is 2.06. The van der Waals surface area contributed by atoms with Crippen molar-refractivity contribution in [2.45, 2.75) is 13.0 Å². The molecule has 0 saturated heterocycles. The number of nitrogens with zero attached hydrogens (tertiary/aromatic N) is 1. The summed E-state index contributed by atoms with van der Waals surface area (Å²) in [6, 6.07) is 18.3. The third-order valence-electron chi connectivity index (χ3n) is 2.72. The van der Waals surface area contributed by atoms with Crippen LogP contribution in [-0.4, -0.2) is 0 Å². The largest absolute Gasteiger partial charge is 0.378 e. The van der Waals surface area contributed by atoms with Crippen LogP contribution < -0.4 is 5.32 Å². The maximum Gasteiger partial charge on any atom is 0.0991 e. The van der Waals surface area contributed by atoms with Crippen molar-refractivity contribution < 1.29 is 0 Å². The van der Waals surface area contributed by atoms with Crippen LogP contribution in [0.2, 0.25) is 0 Å². The summed E-state index contributed by atoms with van der Waals surface area (Å²) in [5.74, 6) is 0. The lowest BCUT2D eigenvalue weighted by Gasteiger charge is -2.16. The van der Waals surface area contributed by atoms with Crippen LogP contribution in [0.4, 0.5) is 5.69 Å². The average molecular weight is 348 g/mol. The third kappa shape index (κ3) is 3.23. The van der Waals surface area contributed by atoms with E-state index in [1.54, 1.807) is 0 Å². The Morgan fingerprint density at radius 1 is 1.17 bits per heavy atom. The molecule has 0 heterocycles. The van der Waals surface area contributed by atoms with Gasteiger partial charge in [-0.15, -0.1) is 0 Å². The molecule has 0 saturated carbocycles. The molecule has 2 rings (SSSR count). The highest BCUT2D eigenvalue weighted by molar-refractivity contribution is 14.1. The Labute approximate surface area is 121 Å². The maximum atomic E-state index is 8.90. The summed E-state index contributed by atoms with van der Waals surface area (Å²) >= 11 is 2.30. The standard InChI is InChI=1S/C15H13IN2/c1-11(13-5-2-4-12(8-13)10-17)18-15-7-3-6-14(16)9-15/h2-9,11,18H,1H3. The van der Waals surface area contributed by atoms with Gasteiger partial charge in [0.2, 0.25) is 0 Å². The van der Waals surface area contributed by atoms with Crippen LogP contribution in [0.1, 0.15) is 24.1 Å². The minimum atomic E-state index is 0.177. The summed E-state index contributed by atoms with van der Waals surface area (Å²) in [5, 5.41) is 12.3. The fourth-order valence-electron chi connectivity index (χ4n) is 1.79. The molecular weight excluding hydrogens is 335 g/mol. The monoisotopic (exact) mass is 348 g/mol. The lowest BCUT2D eigenvalue weighted by atomic mass is 10.1. The Balaban J connectivity index is 2.17. The van der Waals surface area contributed by atoms with E-state index in [0.29, 0.717) is 5.56 Å². The van der Waals surface area contributed by atoms with Crippen LogP contribution in [0, 0.1) is 14.9 Å². The first-order chi connectivity index (χ1) is 8.69. The van der Waals surface area contributed by atoms with E-state index in [9.17, 15) is 0 Å². The Hall–Kier alpha value is -1.54. The van der Waals surface area contributed by atoms with E-state index in [0.717, 1.165) is 11.3 Å². The molecule has 0 aliphatic rings. The van der Waals surface area contributed by atoms with Gasteiger partial charge in [0.05, 0.1) is 11.6 Å². The molecule has 1 unspecified atom stereocenters. The van der Waals surface area contributed by atoms with Gasteiger partial charge < -0.3 is 5.32 Å². The Bertz CT molecular complexity index is 587. The summed E-state index contributed by atoms with van der Waals surface area (Å²) < 4.78 is 1.20. The summed E-state index contributed by atoms with van der Waals surface area (Å²) in [5.41, 5.74) is 2.91. The van der Waals surface area contributed by atoms with E-state index in [2.05, 4.69) is 53.0 Å². The van der Waals surface area contributed by atoms with E-state index >= 15 is 0 Å². The lowest BCUT2D eigenvalue weighted by molar-refractivity contribution is 0.884. The highest BCUT2D eigenvalue weighted by atomic mass is 127. The van der Waals surface area contributed by atoms with Crippen molar-refractivity contribution >= 4 is 28.3 Å². The lowest BCUT2D eigenvalue weighted by Crippen LogP contribution is -2.06. The Kier molecular flexibility index (Phi) is 4.21. The van der Waals surface area contributed by atoms with Crippen LogP contribution >= 0.6 is 22.6 Å². The molecule has 2 aromatic rings. The van der Waals surface area contributed by atoms with Crippen molar-refractivity contribution in [3.63, 3.8) is 0 Å². The number of hydrogen-bond acceptors (Lipinski definition) is 2. The van der Waals surface area contributed by atoms with Crippen molar-refractivity contribution in [3.05, 3.63) is 63.2 Å². The smallest absolute Gasteiger partial charge is 0.0991 e. The number of rotatable bonds is 3. The van der Waals surface area contributed by atoms with E-state index in [-0.39, 0.29) is 6.04 Å². The SMILES string of the molecule is CC(Nc1cccc(I)c1)c1cccc(C#N)c1. The molecule has 18 heavy (non-hydrogen) atoms. The second kappa shape index (κ2) is 5.87. The second-order valence-electron chi connectivity index (χ2n) is 4.11. The summed E-state index contributed by atoms with van der Waals surface area (Å²) in [6.07, 6.45) is 0. The van der Waals surface area contributed by atoms with Crippen LogP contribution in [0.5, 0.6) is 0 Å². The molecule has 2 nitrogen and oxygen atoms in total. The molecule has 0 spiro atoms. The zero-order valence-electron chi connectivity index (χ0n) is 10.0. The van der Waals surface area contributed by atoms with E-state index in [4.69, 9.17) is 5.26 Å². The van der Waals surface area contributed by atoms with Crippen molar-refractivity contribution in [1.29, 1.82) is 5.26 Å². The molecule has 2 aromatic carbocycles. The average Bonchev–Trinajstić information content (AvgIpc) is 2.39. The molecule has 0 fully saturated rings. The summed E-state index contributed by atoms with van der Waals surface area (Å²) in [7, 11) is 0. The molecule has 0 aliphatic carbocycles. The van der Waals surface area contributed by atoms with Gasteiger partial charge in [-0.05, 0) is 65.4 Å². The molecule has 0 radical (unpaired) electrons. The first-order valence-electron chi connectivity index (χ1n) is 5.71. The second-order valence-corrected chi connectivity index (χ2v) is 5.36. The zero-order valence-corrected chi connectivity index (χ0v) is 12.2. The van der Waals surface area contributed by atoms with E-state index < -0.39 is 0 Å². The van der Waals surface area contributed by atoms with Gasteiger partial charge in [0.25, 0.3) is 0 Å². The minimum absolute atomic E-state index is 0.177. The molecule has 3 heteroatoms. The Morgan fingerprint density at radius 3 is 2.67 bits per heavy atom. The van der Waals surface area contributed by atoms with Crippen LogP contribution in [0.3, 0.4) is 0 Å². The van der Waals surface area contributed by atoms with Gasteiger partial charge in [-0.25, -0.2) is 0 Å². The number of benzene rings is 2. The Morgan fingerprint density at radius 2 is 1.94 bits per heavy atom. The number of nitriles is 1. The fourth-order valence-corrected chi connectivity index (χ4v) is 2.33. The van der Waals surface area contributed by atoms with Crippen LogP contribution in [-0.2, 0) is 0 Å². The van der Waals surface area contributed by atoms with E-state index in [1.807, 2.05) is 36.4 Å². The number of anilines is 1. The van der Waals surface area contributed by atoms with Gasteiger partial charge in [0.15, 0.2) is 0 Å². The van der Waals surface area contributed by atoms with Gasteiger partial charge in [-0.1, -0.05) is 18.2 Å². The van der Waals surface area contributed by atoms with Gasteiger partial charge in [-0.3, -0.25) is 0 Å². The van der Waals surface area contributed by atoms with Gasteiger partial charge in [-0.2, -0.15) is 5.26 Å². The molecule has 1 N–H and O–H groups in total. The normalized spacial score (nSPS) is 11.6. The van der Waals surface area contributed by atoms with Gasteiger partial charge in [0.1, 0.15) is 0 Å². The number of nitrogens with one attached hydrogen (secondary N) is 1. The zero-order chi connectivity index (χ0) is 13.0. The van der Waals surface area contributed by atoms with E-state index in [1.165, 1.54) is 3.57 Å². The van der Waals surface area contributed by atoms with Gasteiger partial charge in [0, 0.05) is 15.3 Å². The predicted octanol–water partition coefficient (Wildman–Crippen LogP) is 4.34. The van der Waals surface area contributed by atoms with Crippen molar-refractivity contribution in [2.75, 3.05) is 5.32 Å². The van der Waals surface area contributed by atoms with Crippen molar-refractivity contribution in [3.8, 4) is 6.07 Å². The summed E-state index contributed by atoms with van der Waals surface area (Å²) in [6.45, 7) is 2.09. The van der Waals surface area contributed by atoms with Crippen molar-refractivity contribution in [2.24, 2.45) is 0 Å². The quantitative estimate of drug-likeness (QED) is 0.838. The molecule has 0 bridgehead atoms. The van der Waals surface area contributed by atoms with Crippen LogP contribution in [0.25, 0.3) is 0 Å². The molecule has 0 aliphatic heterocycles. The predicted molar refractivity (Wildman–Crippen MR) is 82.4 cm³/mol. The first kappa shape index (κ1) is 12.9. The molecule has 90 valence electrons. The van der Waals surface area contributed by atoms with Crippen LogP contribution in [0.15, 0.2) is 48.5 Å². The molecule has 0 amide bonds. The molecule has 0 aromatic heterocycles.